The Hall–Kier alpha value is -3.10. The van der Waals surface area contributed by atoms with Gasteiger partial charge in [0.1, 0.15) is 5.82 Å². The summed E-state index contributed by atoms with van der Waals surface area (Å²) in [5.74, 6) is 0.232. The minimum Gasteiger partial charge on any atom is -0.325 e. The van der Waals surface area contributed by atoms with E-state index < -0.39 is 0 Å². The topological polar surface area (TPSA) is 88.9 Å². The first kappa shape index (κ1) is 23.6. The van der Waals surface area contributed by atoms with E-state index in [0.717, 1.165) is 16.8 Å². The van der Waals surface area contributed by atoms with Gasteiger partial charge in [0.25, 0.3) is 0 Å². The Labute approximate surface area is 196 Å². The molecule has 1 heterocycles. The molecule has 0 atom stereocenters. The van der Waals surface area contributed by atoms with Crippen molar-refractivity contribution in [2.75, 3.05) is 16.4 Å². The Morgan fingerprint density at radius 1 is 1.06 bits per heavy atom. The number of nitrogens with one attached hydrogen (secondary N) is 2. The van der Waals surface area contributed by atoms with Crippen molar-refractivity contribution in [2.45, 2.75) is 32.0 Å². The molecule has 0 aliphatic rings. The van der Waals surface area contributed by atoms with Crippen molar-refractivity contribution in [3.05, 3.63) is 77.1 Å². The maximum atomic E-state index is 12.5. The first-order chi connectivity index (χ1) is 15.4. The molecule has 2 N–H and O–H groups in total. The average molecular weight is 470 g/mol. The molecule has 2 amide bonds. The van der Waals surface area contributed by atoms with Gasteiger partial charge < -0.3 is 15.2 Å². The van der Waals surface area contributed by atoms with Crippen LogP contribution in [0.5, 0.6) is 0 Å². The van der Waals surface area contributed by atoms with Crippen LogP contribution in [0.25, 0.3) is 0 Å². The molecule has 1 aromatic heterocycles. The summed E-state index contributed by atoms with van der Waals surface area (Å²) in [6.45, 7) is 8.15. The summed E-state index contributed by atoms with van der Waals surface area (Å²) in [4.78, 5) is 24.9. The third kappa shape index (κ3) is 5.99. The van der Waals surface area contributed by atoms with Gasteiger partial charge in [0, 0.05) is 12.2 Å². The van der Waals surface area contributed by atoms with Crippen LogP contribution < -0.4 is 10.6 Å². The Morgan fingerprint density at radius 2 is 1.78 bits per heavy atom. The average Bonchev–Trinajstić information content (AvgIpc) is 3.13. The number of anilines is 2. The zero-order valence-electron chi connectivity index (χ0n) is 17.9. The van der Waals surface area contributed by atoms with E-state index in [1.165, 1.54) is 11.8 Å². The fraction of sp³-hybridized carbons (Fsp3) is 0.217. The van der Waals surface area contributed by atoms with Gasteiger partial charge in [0.05, 0.1) is 22.9 Å². The third-order valence-electron chi connectivity index (χ3n) is 4.78. The second kappa shape index (κ2) is 11.0. The number of hydrogen-bond donors (Lipinski definition) is 2. The maximum absolute atomic E-state index is 12.5. The Balaban J connectivity index is 1.64. The number of rotatable bonds is 9. The SMILES string of the molecule is C=CCn1c(CC(=O)Nc2ccccc2Cl)nnc1SCC(=O)Nc1cccc(C)c1C. The highest BCUT2D eigenvalue weighted by Crippen LogP contribution is 2.22. The van der Waals surface area contributed by atoms with Gasteiger partial charge in [0.2, 0.25) is 11.8 Å². The lowest BCUT2D eigenvalue weighted by Gasteiger charge is -2.11. The minimum absolute atomic E-state index is 0.0152. The third-order valence-corrected chi connectivity index (χ3v) is 6.08. The standard InChI is InChI=1S/C23H24ClN5O2S/c1-4-12-29-20(13-21(30)26-19-10-6-5-9-17(19)24)27-28-23(29)32-14-22(31)25-18-11-7-8-15(2)16(18)3/h4-11H,1,12-14H2,2-3H3,(H,25,31)(H,26,30). The van der Waals surface area contributed by atoms with Gasteiger partial charge in [-0.2, -0.15) is 0 Å². The Bertz CT molecular complexity index is 1150. The minimum atomic E-state index is -0.264. The molecule has 3 rings (SSSR count). The van der Waals surface area contributed by atoms with Gasteiger partial charge in [-0.3, -0.25) is 9.59 Å². The van der Waals surface area contributed by atoms with Crippen LogP contribution in [0.2, 0.25) is 5.02 Å². The summed E-state index contributed by atoms with van der Waals surface area (Å²) in [7, 11) is 0. The number of thioether (sulfide) groups is 1. The van der Waals surface area contributed by atoms with E-state index in [2.05, 4.69) is 27.4 Å². The lowest BCUT2D eigenvalue weighted by molar-refractivity contribution is -0.116. The fourth-order valence-corrected chi connectivity index (χ4v) is 3.92. The van der Waals surface area contributed by atoms with Crippen LogP contribution in [0.1, 0.15) is 17.0 Å². The molecule has 0 bridgehead atoms. The fourth-order valence-electron chi connectivity index (χ4n) is 2.97. The molecule has 32 heavy (non-hydrogen) atoms. The van der Waals surface area contributed by atoms with E-state index in [1.807, 2.05) is 32.0 Å². The van der Waals surface area contributed by atoms with Crippen molar-refractivity contribution < 1.29 is 9.59 Å². The predicted molar refractivity (Wildman–Crippen MR) is 129 cm³/mol. The molecule has 0 saturated carbocycles. The van der Waals surface area contributed by atoms with E-state index in [0.29, 0.717) is 28.2 Å². The number of carbonyl (C=O) groups excluding carboxylic acids is 2. The molecule has 9 heteroatoms. The van der Waals surface area contributed by atoms with E-state index in [9.17, 15) is 9.59 Å². The van der Waals surface area contributed by atoms with Crippen molar-refractivity contribution in [1.29, 1.82) is 0 Å². The highest BCUT2D eigenvalue weighted by molar-refractivity contribution is 7.99. The number of aromatic nitrogens is 3. The molecule has 0 fully saturated rings. The summed E-state index contributed by atoms with van der Waals surface area (Å²) >= 11 is 7.36. The van der Waals surface area contributed by atoms with Gasteiger partial charge in [-0.1, -0.05) is 53.7 Å². The number of amides is 2. The molecule has 0 saturated heterocycles. The van der Waals surface area contributed by atoms with Crippen molar-refractivity contribution in [3.8, 4) is 0 Å². The van der Waals surface area contributed by atoms with Crippen LogP contribution >= 0.6 is 23.4 Å². The summed E-state index contributed by atoms with van der Waals surface area (Å²) in [6, 6.07) is 12.8. The van der Waals surface area contributed by atoms with Crippen LogP contribution in [0.15, 0.2) is 60.3 Å². The number of aryl methyl sites for hydroxylation is 1. The first-order valence-corrected chi connectivity index (χ1v) is 11.3. The van der Waals surface area contributed by atoms with Crippen LogP contribution in [-0.4, -0.2) is 32.3 Å². The van der Waals surface area contributed by atoms with E-state index in [4.69, 9.17) is 11.6 Å². The lowest BCUT2D eigenvalue weighted by atomic mass is 10.1. The number of allylic oxidation sites excluding steroid dienone is 1. The Morgan fingerprint density at radius 3 is 2.53 bits per heavy atom. The molecule has 7 nitrogen and oxygen atoms in total. The molecule has 0 aliphatic carbocycles. The molecule has 0 unspecified atom stereocenters. The first-order valence-electron chi connectivity index (χ1n) is 9.95. The summed E-state index contributed by atoms with van der Waals surface area (Å²) < 4.78 is 1.77. The van der Waals surface area contributed by atoms with Crippen LogP contribution in [0.4, 0.5) is 11.4 Å². The number of halogens is 1. The zero-order valence-corrected chi connectivity index (χ0v) is 19.5. The normalized spacial score (nSPS) is 10.6. The number of para-hydroxylation sites is 1. The number of hydrogen-bond acceptors (Lipinski definition) is 5. The Kier molecular flexibility index (Phi) is 8.08. The van der Waals surface area contributed by atoms with Crippen LogP contribution in [-0.2, 0) is 22.6 Å². The zero-order chi connectivity index (χ0) is 23.1. The van der Waals surface area contributed by atoms with Gasteiger partial charge in [-0.05, 0) is 43.2 Å². The second-order valence-electron chi connectivity index (χ2n) is 7.09. The number of benzene rings is 2. The largest absolute Gasteiger partial charge is 0.325 e. The van der Waals surface area contributed by atoms with E-state index in [-0.39, 0.29) is 24.0 Å². The quantitative estimate of drug-likeness (QED) is 0.352. The van der Waals surface area contributed by atoms with Gasteiger partial charge in [0.15, 0.2) is 5.16 Å². The maximum Gasteiger partial charge on any atom is 0.234 e. The molecule has 166 valence electrons. The predicted octanol–water partition coefficient (Wildman–Crippen LogP) is 4.65. The van der Waals surface area contributed by atoms with Crippen molar-refractivity contribution in [2.24, 2.45) is 0 Å². The molecule has 3 aromatic rings. The van der Waals surface area contributed by atoms with E-state index >= 15 is 0 Å². The molecule has 0 aliphatic heterocycles. The highest BCUT2D eigenvalue weighted by atomic mass is 35.5. The molecular weight excluding hydrogens is 446 g/mol. The van der Waals surface area contributed by atoms with Crippen molar-refractivity contribution >= 4 is 46.6 Å². The monoisotopic (exact) mass is 469 g/mol. The number of nitrogens with zero attached hydrogens (tertiary/aromatic N) is 3. The lowest BCUT2D eigenvalue weighted by Crippen LogP contribution is -2.18. The van der Waals surface area contributed by atoms with Gasteiger partial charge >= 0.3 is 0 Å². The molecule has 2 aromatic carbocycles. The summed E-state index contributed by atoms with van der Waals surface area (Å²) in [6.07, 6.45) is 1.71. The summed E-state index contributed by atoms with van der Waals surface area (Å²) in [5.41, 5.74) is 3.47. The number of carbonyl (C=O) groups is 2. The smallest absolute Gasteiger partial charge is 0.234 e. The molecule has 0 radical (unpaired) electrons. The van der Waals surface area contributed by atoms with Crippen molar-refractivity contribution in [3.63, 3.8) is 0 Å². The molecule has 0 spiro atoms. The summed E-state index contributed by atoms with van der Waals surface area (Å²) in [5, 5.41) is 15.0. The van der Waals surface area contributed by atoms with Crippen molar-refractivity contribution in [1.82, 2.24) is 14.8 Å². The highest BCUT2D eigenvalue weighted by Gasteiger charge is 2.17. The molecular formula is C23H24ClN5O2S. The van der Waals surface area contributed by atoms with Crippen LogP contribution in [0.3, 0.4) is 0 Å². The van der Waals surface area contributed by atoms with E-state index in [1.54, 1.807) is 34.9 Å². The van der Waals surface area contributed by atoms with Gasteiger partial charge in [-0.15, -0.1) is 16.8 Å². The van der Waals surface area contributed by atoms with Gasteiger partial charge in [-0.25, -0.2) is 0 Å². The van der Waals surface area contributed by atoms with Crippen LogP contribution in [0, 0.1) is 13.8 Å². The second-order valence-corrected chi connectivity index (χ2v) is 8.44.